The first-order valence-electron chi connectivity index (χ1n) is 2.73. The van der Waals surface area contributed by atoms with Crippen molar-refractivity contribution in [3.8, 4) is 0 Å². The van der Waals surface area contributed by atoms with E-state index in [1.807, 2.05) is 0 Å². The van der Waals surface area contributed by atoms with Crippen LogP contribution in [0.1, 0.15) is 6.92 Å². The number of carbonyl (C=O) groups is 1. The predicted octanol–water partition coefficient (Wildman–Crippen LogP) is 0.796. The Kier molecular flexibility index (Phi) is 12.2. The first-order chi connectivity index (χ1) is 5.64. The van der Waals surface area contributed by atoms with Gasteiger partial charge in [-0.05, 0) is 6.92 Å². The summed E-state index contributed by atoms with van der Waals surface area (Å²) >= 11 is 0. The molecule has 0 radical (unpaired) electrons. The molecule has 0 aliphatic carbocycles. The first-order valence-corrected chi connectivity index (χ1v) is 4.13. The summed E-state index contributed by atoms with van der Waals surface area (Å²) in [5.74, 6) is -0.935. The number of rotatable bonds is 1. The highest BCUT2D eigenvalue weighted by Crippen LogP contribution is 1.81. The van der Waals surface area contributed by atoms with Crippen LogP contribution in [0.4, 0.5) is 0 Å². The molecule has 0 saturated carbocycles. The third-order valence-electron chi connectivity index (χ3n) is 0.365. The van der Waals surface area contributed by atoms with Crippen LogP contribution in [0.5, 0.6) is 0 Å². The molecule has 0 aliphatic rings. The molecule has 0 spiro atoms. The zero-order chi connectivity index (χ0) is 11.7. The second kappa shape index (κ2) is 8.91. The topological polar surface area (TPSA) is 112 Å². The molecule has 0 aliphatic heterocycles. The Morgan fingerprint density at radius 1 is 1.23 bits per heavy atom. The van der Waals surface area contributed by atoms with E-state index in [4.69, 9.17) is 22.6 Å². The van der Waals surface area contributed by atoms with E-state index in [0.29, 0.717) is 0 Å². The van der Waals surface area contributed by atoms with Crippen LogP contribution in [-0.4, -0.2) is 28.6 Å². The van der Waals surface area contributed by atoms with Crippen LogP contribution >= 0.6 is 0 Å². The van der Waals surface area contributed by atoms with E-state index in [0.717, 1.165) is 0 Å². The third-order valence-corrected chi connectivity index (χ3v) is 0.365. The summed E-state index contributed by atoms with van der Waals surface area (Å²) in [7, 11) is -4.67. The van der Waals surface area contributed by atoms with Crippen LogP contribution < -0.4 is 0 Å². The molecule has 0 aromatic carbocycles. The first kappa shape index (κ1) is 17.8. The molecule has 0 amide bonds. The van der Waals surface area contributed by atoms with Crippen LogP contribution in [0.25, 0.3) is 0 Å². The number of carboxylic acids is 1. The summed E-state index contributed by atoms with van der Waals surface area (Å²) < 4.78 is 31.6. The summed E-state index contributed by atoms with van der Waals surface area (Å²) in [5.41, 5.74) is 0.176. The lowest BCUT2D eigenvalue weighted by Crippen LogP contribution is -1.92. The predicted molar refractivity (Wildman–Crippen MR) is 47.9 cm³/mol. The average Bonchev–Trinajstić information content (AvgIpc) is 1.88. The average molecular weight is 212 g/mol. The molecule has 0 fully saturated rings. The number of hydrogen-bond acceptors (Lipinski definition) is 3. The van der Waals surface area contributed by atoms with Gasteiger partial charge in [0.25, 0.3) is 0 Å². The van der Waals surface area contributed by atoms with Gasteiger partial charge in [-0.25, -0.2) is 4.79 Å². The van der Waals surface area contributed by atoms with Gasteiger partial charge < -0.3 is 5.11 Å². The summed E-state index contributed by atoms with van der Waals surface area (Å²) in [4.78, 5) is 9.60. The minimum atomic E-state index is -4.67. The Labute approximate surface area is 76.8 Å². The third kappa shape index (κ3) is 106. The van der Waals surface area contributed by atoms with Crippen molar-refractivity contribution in [1.82, 2.24) is 0 Å². The lowest BCUT2D eigenvalue weighted by atomic mass is 10.4. The van der Waals surface area contributed by atoms with E-state index < -0.39 is 16.4 Å². The molecule has 0 heterocycles. The van der Waals surface area contributed by atoms with Gasteiger partial charge in [0.2, 0.25) is 0 Å². The van der Waals surface area contributed by atoms with Crippen molar-refractivity contribution in [2.75, 3.05) is 0 Å². The second-order valence-corrected chi connectivity index (χ2v) is 2.43. The normalized spacial score (nSPS) is 8.23. The van der Waals surface area contributed by atoms with Crippen molar-refractivity contribution in [1.29, 1.82) is 0 Å². The van der Waals surface area contributed by atoms with Gasteiger partial charge in [0, 0.05) is 5.57 Å². The molecular formula is C6H12O6S. The summed E-state index contributed by atoms with van der Waals surface area (Å²) in [6.07, 6.45) is 0. The maximum absolute atomic E-state index is 9.60. The van der Waals surface area contributed by atoms with Crippen LogP contribution in [-0.2, 0) is 15.2 Å². The highest BCUT2D eigenvalue weighted by molar-refractivity contribution is 7.79. The monoisotopic (exact) mass is 212 g/mol. The van der Waals surface area contributed by atoms with E-state index in [9.17, 15) is 4.79 Å². The molecule has 0 bridgehead atoms. The van der Waals surface area contributed by atoms with Crippen molar-refractivity contribution >= 4 is 16.4 Å². The van der Waals surface area contributed by atoms with Gasteiger partial charge in [0.1, 0.15) is 0 Å². The fourth-order valence-corrected chi connectivity index (χ4v) is 0. The molecule has 0 unspecified atom stereocenters. The summed E-state index contributed by atoms with van der Waals surface area (Å²) in [5, 5.41) is 7.89. The molecule has 0 rings (SSSR count). The van der Waals surface area contributed by atoms with E-state index >= 15 is 0 Å². The van der Waals surface area contributed by atoms with Gasteiger partial charge in [-0.3, -0.25) is 9.11 Å². The lowest BCUT2D eigenvalue weighted by Gasteiger charge is -1.79. The quantitative estimate of drug-likeness (QED) is 0.336. The Bertz CT molecular complexity index is 232. The maximum atomic E-state index is 9.60. The summed E-state index contributed by atoms with van der Waals surface area (Å²) in [6, 6.07) is 0. The zero-order valence-corrected chi connectivity index (χ0v) is 7.91. The fraction of sp³-hybridized carbons (Fsp3) is 0.167. The van der Waals surface area contributed by atoms with Gasteiger partial charge in [-0.15, -0.1) is 13.2 Å². The smallest absolute Gasteiger partial charge is 0.394 e. The van der Waals surface area contributed by atoms with Gasteiger partial charge in [-0.2, -0.15) is 8.42 Å². The van der Waals surface area contributed by atoms with Gasteiger partial charge in [0.05, 0.1) is 0 Å². The number of aliphatic carboxylic acids is 1. The molecule has 0 aromatic rings. The Morgan fingerprint density at radius 2 is 1.31 bits per heavy atom. The fourth-order valence-electron chi connectivity index (χ4n) is 0. The van der Waals surface area contributed by atoms with E-state index in [1.165, 1.54) is 6.92 Å². The van der Waals surface area contributed by atoms with Gasteiger partial charge in [0.15, 0.2) is 0 Å². The maximum Gasteiger partial charge on any atom is 0.394 e. The van der Waals surface area contributed by atoms with Crippen molar-refractivity contribution in [3.05, 3.63) is 25.3 Å². The number of hydrogen-bond donors (Lipinski definition) is 3. The standard InChI is InChI=1S/C4H6O2.C2H4.H2O4S/c1-3(2)4(5)6;1-2;1-5(2,3)4/h1H2,2H3,(H,5,6);1-2H2;(H2,1,2,3,4). The molecule has 6 nitrogen and oxygen atoms in total. The van der Waals surface area contributed by atoms with E-state index in [-0.39, 0.29) is 5.57 Å². The Balaban J connectivity index is -0.000000131. The van der Waals surface area contributed by atoms with Crippen molar-refractivity contribution in [3.63, 3.8) is 0 Å². The largest absolute Gasteiger partial charge is 0.478 e. The van der Waals surface area contributed by atoms with Crippen LogP contribution in [0, 0.1) is 0 Å². The van der Waals surface area contributed by atoms with Gasteiger partial charge >= 0.3 is 16.4 Å². The minimum Gasteiger partial charge on any atom is -0.478 e. The van der Waals surface area contributed by atoms with Crippen LogP contribution in [0.3, 0.4) is 0 Å². The zero-order valence-electron chi connectivity index (χ0n) is 7.10. The Hall–Kier alpha value is -1.18. The molecule has 0 atom stereocenters. The van der Waals surface area contributed by atoms with Crippen molar-refractivity contribution in [2.24, 2.45) is 0 Å². The van der Waals surface area contributed by atoms with E-state index in [1.54, 1.807) is 0 Å². The molecule has 3 N–H and O–H groups in total. The number of carboxylic acid groups (broad SMARTS) is 1. The lowest BCUT2D eigenvalue weighted by molar-refractivity contribution is -0.132. The highest BCUT2D eigenvalue weighted by atomic mass is 32.3. The summed E-state index contributed by atoms with van der Waals surface area (Å²) in [6.45, 7) is 10.6. The molecule has 13 heavy (non-hydrogen) atoms. The van der Waals surface area contributed by atoms with Crippen LogP contribution in [0.2, 0.25) is 0 Å². The van der Waals surface area contributed by atoms with Crippen molar-refractivity contribution in [2.45, 2.75) is 6.92 Å². The molecule has 78 valence electrons. The van der Waals surface area contributed by atoms with Crippen LogP contribution in [0.15, 0.2) is 25.3 Å². The molecule has 7 heteroatoms. The molecule has 0 saturated heterocycles. The van der Waals surface area contributed by atoms with Gasteiger partial charge in [-0.1, -0.05) is 6.58 Å². The van der Waals surface area contributed by atoms with Crippen molar-refractivity contribution < 1.29 is 27.4 Å². The highest BCUT2D eigenvalue weighted by Gasteiger charge is 1.90. The SMILES string of the molecule is C=C.C=C(C)C(=O)O.O=S(=O)(O)O. The molecule has 0 aromatic heterocycles. The minimum absolute atomic E-state index is 0.176. The van der Waals surface area contributed by atoms with E-state index in [2.05, 4.69) is 19.7 Å². The Morgan fingerprint density at radius 3 is 1.31 bits per heavy atom. The molecular weight excluding hydrogens is 200 g/mol. The second-order valence-electron chi connectivity index (χ2n) is 1.53.